The zero-order chi connectivity index (χ0) is 17.8. The molecule has 1 heterocycles. The second-order valence-electron chi connectivity index (χ2n) is 6.43. The molecule has 5 heteroatoms. The van der Waals surface area contributed by atoms with Crippen LogP contribution in [0.3, 0.4) is 0 Å². The topological polar surface area (TPSA) is 59.6 Å². The molecule has 1 amide bonds. The van der Waals surface area contributed by atoms with Crippen LogP contribution in [0.2, 0.25) is 0 Å². The van der Waals surface area contributed by atoms with Crippen molar-refractivity contribution in [1.82, 2.24) is 10.6 Å². The first kappa shape index (κ1) is 17.3. The van der Waals surface area contributed by atoms with Crippen LogP contribution in [0.4, 0.5) is 0 Å². The van der Waals surface area contributed by atoms with Crippen LogP contribution < -0.4 is 20.1 Å². The van der Waals surface area contributed by atoms with Crippen molar-refractivity contribution in [1.29, 1.82) is 0 Å². The normalized spacial score (nSPS) is 13.6. The van der Waals surface area contributed by atoms with E-state index in [4.69, 9.17) is 9.47 Å². The molecule has 3 rings (SSSR count). The van der Waals surface area contributed by atoms with Crippen molar-refractivity contribution < 1.29 is 14.3 Å². The quantitative estimate of drug-likeness (QED) is 0.849. The molecule has 25 heavy (non-hydrogen) atoms. The Bertz CT molecular complexity index is 774. The minimum Gasteiger partial charge on any atom is -0.454 e. The number of hydrogen-bond acceptors (Lipinski definition) is 4. The maximum atomic E-state index is 12.1. The Kier molecular flexibility index (Phi) is 5.24. The third-order valence-electron chi connectivity index (χ3n) is 4.40. The van der Waals surface area contributed by atoms with Crippen molar-refractivity contribution in [2.45, 2.75) is 33.4 Å². The molecular weight excluding hydrogens is 316 g/mol. The molecule has 5 nitrogen and oxygen atoms in total. The van der Waals surface area contributed by atoms with Crippen LogP contribution in [0.5, 0.6) is 11.5 Å². The molecule has 0 saturated carbocycles. The van der Waals surface area contributed by atoms with E-state index < -0.39 is 0 Å². The van der Waals surface area contributed by atoms with Crippen LogP contribution in [0.1, 0.15) is 35.2 Å². The number of aryl methyl sites for hydroxylation is 2. The number of fused-ring (bicyclic) bond motifs is 1. The van der Waals surface area contributed by atoms with Crippen LogP contribution in [0, 0.1) is 13.8 Å². The van der Waals surface area contributed by atoms with Gasteiger partial charge in [0.1, 0.15) is 0 Å². The van der Waals surface area contributed by atoms with Gasteiger partial charge in [0, 0.05) is 12.6 Å². The third-order valence-corrected chi connectivity index (χ3v) is 4.40. The molecule has 2 aromatic rings. The predicted octanol–water partition coefficient (Wildman–Crippen LogP) is 3.00. The lowest BCUT2D eigenvalue weighted by molar-refractivity contribution is -0.120. The first-order valence-electron chi connectivity index (χ1n) is 8.48. The smallest absolute Gasteiger partial charge is 0.234 e. The molecule has 0 radical (unpaired) electrons. The molecule has 2 N–H and O–H groups in total. The van der Waals surface area contributed by atoms with Gasteiger partial charge in [-0.05, 0) is 49.6 Å². The van der Waals surface area contributed by atoms with Gasteiger partial charge in [0.05, 0.1) is 6.54 Å². The second kappa shape index (κ2) is 7.57. The minimum atomic E-state index is -0.0326. The van der Waals surface area contributed by atoms with E-state index in [1.165, 1.54) is 16.7 Å². The number of hydrogen-bond donors (Lipinski definition) is 2. The molecule has 132 valence electrons. The largest absolute Gasteiger partial charge is 0.454 e. The van der Waals surface area contributed by atoms with Crippen LogP contribution in [0.15, 0.2) is 36.4 Å². The average Bonchev–Trinajstić information content (AvgIpc) is 3.07. The van der Waals surface area contributed by atoms with Gasteiger partial charge in [-0.25, -0.2) is 0 Å². The first-order chi connectivity index (χ1) is 12.0. The van der Waals surface area contributed by atoms with E-state index in [0.717, 1.165) is 17.1 Å². The van der Waals surface area contributed by atoms with E-state index in [0.29, 0.717) is 6.54 Å². The highest BCUT2D eigenvalue weighted by Gasteiger charge is 2.14. The Labute approximate surface area is 148 Å². The number of nitrogens with one attached hydrogen (secondary N) is 2. The number of rotatable bonds is 6. The molecule has 0 fully saturated rings. The molecule has 1 atom stereocenters. The average molecular weight is 340 g/mol. The van der Waals surface area contributed by atoms with Gasteiger partial charge in [0.25, 0.3) is 0 Å². The molecule has 0 bridgehead atoms. The van der Waals surface area contributed by atoms with Gasteiger partial charge < -0.3 is 20.1 Å². The van der Waals surface area contributed by atoms with Crippen LogP contribution in [-0.4, -0.2) is 19.2 Å². The van der Waals surface area contributed by atoms with Crippen LogP contribution in [-0.2, 0) is 11.3 Å². The molecule has 0 spiro atoms. The summed E-state index contributed by atoms with van der Waals surface area (Å²) in [6, 6.07) is 12.2. The summed E-state index contributed by atoms with van der Waals surface area (Å²) in [7, 11) is 0. The van der Waals surface area contributed by atoms with Crippen molar-refractivity contribution in [2.75, 3.05) is 13.3 Å². The summed E-state index contributed by atoms with van der Waals surface area (Å²) >= 11 is 0. The summed E-state index contributed by atoms with van der Waals surface area (Å²) in [6.07, 6.45) is 0. The van der Waals surface area contributed by atoms with Gasteiger partial charge in [-0.15, -0.1) is 0 Å². The number of carbonyl (C=O) groups excluding carboxylic acids is 1. The zero-order valence-corrected chi connectivity index (χ0v) is 14.9. The summed E-state index contributed by atoms with van der Waals surface area (Å²) in [4.78, 5) is 12.1. The number of carbonyl (C=O) groups is 1. The Morgan fingerprint density at radius 3 is 2.76 bits per heavy atom. The lowest BCUT2D eigenvalue weighted by Gasteiger charge is -2.17. The minimum absolute atomic E-state index is 0.0326. The van der Waals surface area contributed by atoms with E-state index in [9.17, 15) is 4.79 Å². The standard InChI is InChI=1S/C20H24N2O3/c1-13-4-5-14(2)17(8-13)15(3)21-11-20(23)22-10-16-6-7-18-19(9-16)25-12-24-18/h4-9,15,21H,10-12H2,1-3H3,(H,22,23)/t15-/m0/s1. The van der Waals surface area contributed by atoms with E-state index >= 15 is 0 Å². The third kappa shape index (κ3) is 4.31. The summed E-state index contributed by atoms with van der Waals surface area (Å²) in [5.41, 5.74) is 4.66. The molecule has 0 aromatic heterocycles. The van der Waals surface area contributed by atoms with E-state index in [1.807, 2.05) is 18.2 Å². The van der Waals surface area contributed by atoms with Gasteiger partial charge in [0.15, 0.2) is 11.5 Å². The molecular formula is C20H24N2O3. The number of benzene rings is 2. The second-order valence-corrected chi connectivity index (χ2v) is 6.43. The lowest BCUT2D eigenvalue weighted by Crippen LogP contribution is -2.34. The van der Waals surface area contributed by atoms with E-state index in [2.05, 4.69) is 49.6 Å². The summed E-state index contributed by atoms with van der Waals surface area (Å²) in [5.74, 6) is 1.45. The van der Waals surface area contributed by atoms with Crippen LogP contribution in [0.25, 0.3) is 0 Å². The van der Waals surface area contributed by atoms with Gasteiger partial charge in [-0.1, -0.05) is 29.8 Å². The van der Waals surface area contributed by atoms with Crippen LogP contribution >= 0.6 is 0 Å². The Morgan fingerprint density at radius 2 is 1.92 bits per heavy atom. The Hall–Kier alpha value is -2.53. The van der Waals surface area contributed by atoms with E-state index in [1.54, 1.807) is 0 Å². The Balaban J connectivity index is 1.48. The fourth-order valence-corrected chi connectivity index (χ4v) is 2.90. The van der Waals surface area contributed by atoms with Crippen molar-refractivity contribution in [3.05, 3.63) is 58.7 Å². The molecule has 1 aliphatic rings. The van der Waals surface area contributed by atoms with E-state index in [-0.39, 0.29) is 25.3 Å². The number of ether oxygens (including phenoxy) is 2. The van der Waals surface area contributed by atoms with Crippen molar-refractivity contribution >= 4 is 5.91 Å². The Morgan fingerprint density at radius 1 is 1.12 bits per heavy atom. The highest BCUT2D eigenvalue weighted by molar-refractivity contribution is 5.78. The first-order valence-corrected chi connectivity index (χ1v) is 8.48. The summed E-state index contributed by atoms with van der Waals surface area (Å²) < 4.78 is 10.6. The maximum Gasteiger partial charge on any atom is 0.234 e. The molecule has 1 aliphatic heterocycles. The monoisotopic (exact) mass is 340 g/mol. The fraction of sp³-hybridized carbons (Fsp3) is 0.350. The zero-order valence-electron chi connectivity index (χ0n) is 14.9. The maximum absolute atomic E-state index is 12.1. The highest BCUT2D eigenvalue weighted by Crippen LogP contribution is 2.32. The highest BCUT2D eigenvalue weighted by atomic mass is 16.7. The lowest BCUT2D eigenvalue weighted by atomic mass is 10.00. The van der Waals surface area contributed by atoms with Crippen molar-refractivity contribution in [2.24, 2.45) is 0 Å². The fourth-order valence-electron chi connectivity index (χ4n) is 2.90. The molecule has 0 saturated heterocycles. The molecule has 0 unspecified atom stereocenters. The van der Waals surface area contributed by atoms with Crippen molar-refractivity contribution in [3.8, 4) is 11.5 Å². The van der Waals surface area contributed by atoms with Crippen molar-refractivity contribution in [3.63, 3.8) is 0 Å². The van der Waals surface area contributed by atoms with Gasteiger partial charge >= 0.3 is 0 Å². The molecule has 0 aliphatic carbocycles. The van der Waals surface area contributed by atoms with Gasteiger partial charge in [0.2, 0.25) is 12.7 Å². The van der Waals surface area contributed by atoms with Gasteiger partial charge in [-0.2, -0.15) is 0 Å². The summed E-state index contributed by atoms with van der Waals surface area (Å²) in [6.45, 7) is 7.24. The predicted molar refractivity (Wildman–Crippen MR) is 96.7 cm³/mol. The molecule has 2 aromatic carbocycles. The number of amides is 1. The SMILES string of the molecule is Cc1ccc(C)c([C@H](C)NCC(=O)NCc2ccc3c(c2)OCO3)c1. The van der Waals surface area contributed by atoms with Gasteiger partial charge in [-0.3, -0.25) is 4.79 Å². The summed E-state index contributed by atoms with van der Waals surface area (Å²) in [5, 5.41) is 6.21.